The number of hydrogen-bond acceptors (Lipinski definition) is 4. The minimum Gasteiger partial charge on any atom is -0.494 e. The Balaban J connectivity index is 2.97. The molecule has 5 nitrogen and oxygen atoms in total. The van der Waals surface area contributed by atoms with Gasteiger partial charge in [-0.3, -0.25) is 4.79 Å². The van der Waals surface area contributed by atoms with Gasteiger partial charge in [0.15, 0.2) is 0 Å². The zero-order chi connectivity index (χ0) is 15.9. The molecule has 1 N–H and O–H groups in total. The molecule has 0 aliphatic rings. The second kappa shape index (κ2) is 7.65. The Morgan fingerprint density at radius 1 is 1.33 bits per heavy atom. The van der Waals surface area contributed by atoms with Crippen molar-refractivity contribution in [3.8, 4) is 11.8 Å². The lowest BCUT2D eigenvalue weighted by Gasteiger charge is -2.27. The number of benzene rings is 1. The van der Waals surface area contributed by atoms with Crippen LogP contribution in [0.5, 0.6) is 5.75 Å². The van der Waals surface area contributed by atoms with Crippen LogP contribution in [-0.4, -0.2) is 24.7 Å². The molecule has 1 amide bonds. The van der Waals surface area contributed by atoms with Crippen molar-refractivity contribution in [2.75, 3.05) is 18.5 Å². The van der Waals surface area contributed by atoms with E-state index in [1.54, 1.807) is 25.1 Å². The predicted octanol–water partition coefficient (Wildman–Crippen LogP) is 3.10. The molecule has 0 radical (unpaired) electrons. The number of ether oxygens (including phenoxy) is 2. The van der Waals surface area contributed by atoms with Crippen LogP contribution in [0.4, 0.5) is 5.69 Å². The fraction of sp³-hybridized carbons (Fsp3) is 0.500. The van der Waals surface area contributed by atoms with Crippen molar-refractivity contribution in [3.63, 3.8) is 0 Å². The molecule has 1 unspecified atom stereocenters. The zero-order valence-corrected chi connectivity index (χ0v) is 13.0. The van der Waals surface area contributed by atoms with Gasteiger partial charge in [-0.1, -0.05) is 6.92 Å². The van der Waals surface area contributed by atoms with E-state index in [2.05, 4.69) is 11.4 Å². The standard InChI is InChI=1S/C16H22N2O3/c1-5-16(4,21-7-3)15(19)18-14-9-8-13(20-6-2)10-12(14)11-17/h8-10H,5-7H2,1-4H3,(H,18,19). The second-order valence-electron chi connectivity index (χ2n) is 4.72. The molecule has 0 fully saturated rings. The summed E-state index contributed by atoms with van der Waals surface area (Å²) in [5, 5.41) is 12.0. The largest absolute Gasteiger partial charge is 0.494 e. The van der Waals surface area contributed by atoms with Gasteiger partial charge in [0.25, 0.3) is 5.91 Å². The number of nitrogens with one attached hydrogen (secondary N) is 1. The van der Waals surface area contributed by atoms with Crippen LogP contribution < -0.4 is 10.1 Å². The van der Waals surface area contributed by atoms with Gasteiger partial charge in [-0.05, 0) is 45.4 Å². The average Bonchev–Trinajstić information content (AvgIpc) is 2.49. The van der Waals surface area contributed by atoms with Gasteiger partial charge in [0.05, 0.1) is 17.9 Å². The maximum atomic E-state index is 12.4. The molecule has 5 heteroatoms. The Morgan fingerprint density at radius 3 is 2.57 bits per heavy atom. The van der Waals surface area contributed by atoms with Gasteiger partial charge in [-0.25, -0.2) is 0 Å². The lowest BCUT2D eigenvalue weighted by atomic mass is 10.0. The summed E-state index contributed by atoms with van der Waals surface area (Å²) in [5.41, 5.74) is -0.0744. The maximum absolute atomic E-state index is 12.4. The first kappa shape index (κ1) is 17.0. The number of nitrogens with zero attached hydrogens (tertiary/aromatic N) is 1. The number of nitriles is 1. The van der Waals surface area contributed by atoms with E-state index in [0.717, 1.165) is 0 Å². The fourth-order valence-corrected chi connectivity index (χ4v) is 1.88. The molecule has 0 saturated heterocycles. The topological polar surface area (TPSA) is 71.3 Å². The monoisotopic (exact) mass is 290 g/mol. The van der Waals surface area contributed by atoms with Gasteiger partial charge in [0.2, 0.25) is 0 Å². The lowest BCUT2D eigenvalue weighted by Crippen LogP contribution is -2.42. The summed E-state index contributed by atoms with van der Waals surface area (Å²) in [6, 6.07) is 7.08. The van der Waals surface area contributed by atoms with Crippen LogP contribution in [0.25, 0.3) is 0 Å². The van der Waals surface area contributed by atoms with Gasteiger partial charge in [0, 0.05) is 6.61 Å². The predicted molar refractivity (Wildman–Crippen MR) is 81.3 cm³/mol. The Morgan fingerprint density at radius 2 is 2.05 bits per heavy atom. The van der Waals surface area contributed by atoms with Gasteiger partial charge in [-0.2, -0.15) is 5.26 Å². The van der Waals surface area contributed by atoms with E-state index in [9.17, 15) is 10.1 Å². The summed E-state index contributed by atoms with van der Waals surface area (Å²) >= 11 is 0. The third-order valence-electron chi connectivity index (χ3n) is 3.29. The molecular formula is C16H22N2O3. The van der Waals surface area contributed by atoms with Crippen LogP contribution in [0.2, 0.25) is 0 Å². The molecule has 0 aliphatic carbocycles. The van der Waals surface area contributed by atoms with E-state index in [1.165, 1.54) is 0 Å². The molecule has 1 aromatic rings. The van der Waals surface area contributed by atoms with E-state index < -0.39 is 5.60 Å². The Bertz CT molecular complexity index is 537. The van der Waals surface area contributed by atoms with Crippen molar-refractivity contribution in [3.05, 3.63) is 23.8 Å². The number of anilines is 1. The molecule has 0 spiro atoms. The molecule has 0 saturated carbocycles. The van der Waals surface area contributed by atoms with Crippen LogP contribution >= 0.6 is 0 Å². The molecule has 0 heterocycles. The molecule has 0 bridgehead atoms. The quantitative estimate of drug-likeness (QED) is 0.837. The summed E-state index contributed by atoms with van der Waals surface area (Å²) in [6.07, 6.45) is 0.547. The zero-order valence-electron chi connectivity index (χ0n) is 13.0. The molecule has 21 heavy (non-hydrogen) atoms. The summed E-state index contributed by atoms with van der Waals surface area (Å²) in [7, 11) is 0. The fourth-order valence-electron chi connectivity index (χ4n) is 1.88. The van der Waals surface area contributed by atoms with Gasteiger partial charge in [0.1, 0.15) is 17.4 Å². The van der Waals surface area contributed by atoms with Crippen molar-refractivity contribution in [1.82, 2.24) is 0 Å². The van der Waals surface area contributed by atoms with E-state index in [4.69, 9.17) is 9.47 Å². The first-order chi connectivity index (χ1) is 10.0. The highest BCUT2D eigenvalue weighted by molar-refractivity contribution is 5.98. The maximum Gasteiger partial charge on any atom is 0.256 e. The second-order valence-corrected chi connectivity index (χ2v) is 4.72. The van der Waals surface area contributed by atoms with Crippen molar-refractivity contribution in [2.45, 2.75) is 39.7 Å². The number of amides is 1. The Hall–Kier alpha value is -2.06. The van der Waals surface area contributed by atoms with Crippen molar-refractivity contribution in [1.29, 1.82) is 5.26 Å². The molecule has 1 aromatic carbocycles. The molecule has 1 rings (SSSR count). The molecule has 1 atom stereocenters. The molecule has 114 valence electrons. The van der Waals surface area contributed by atoms with Crippen molar-refractivity contribution in [2.24, 2.45) is 0 Å². The van der Waals surface area contributed by atoms with Gasteiger partial charge in [-0.15, -0.1) is 0 Å². The highest BCUT2D eigenvalue weighted by atomic mass is 16.5. The summed E-state index contributed by atoms with van der Waals surface area (Å²) < 4.78 is 10.9. The van der Waals surface area contributed by atoms with Gasteiger partial charge >= 0.3 is 0 Å². The first-order valence-electron chi connectivity index (χ1n) is 7.13. The van der Waals surface area contributed by atoms with Crippen LogP contribution in [0, 0.1) is 11.3 Å². The van der Waals surface area contributed by atoms with Crippen LogP contribution in [-0.2, 0) is 9.53 Å². The number of carbonyl (C=O) groups excluding carboxylic acids is 1. The number of hydrogen-bond donors (Lipinski definition) is 1. The van der Waals surface area contributed by atoms with E-state index in [0.29, 0.717) is 36.6 Å². The number of rotatable bonds is 7. The minimum atomic E-state index is -0.903. The van der Waals surface area contributed by atoms with E-state index in [1.807, 2.05) is 20.8 Å². The highest BCUT2D eigenvalue weighted by Crippen LogP contribution is 2.24. The minimum absolute atomic E-state index is 0.257. The third-order valence-corrected chi connectivity index (χ3v) is 3.29. The van der Waals surface area contributed by atoms with Crippen molar-refractivity contribution >= 4 is 11.6 Å². The van der Waals surface area contributed by atoms with Crippen LogP contribution in [0.1, 0.15) is 39.7 Å². The lowest BCUT2D eigenvalue weighted by molar-refractivity contribution is -0.139. The highest BCUT2D eigenvalue weighted by Gasteiger charge is 2.32. The van der Waals surface area contributed by atoms with Crippen LogP contribution in [0.3, 0.4) is 0 Å². The van der Waals surface area contributed by atoms with E-state index in [-0.39, 0.29) is 5.91 Å². The molecular weight excluding hydrogens is 268 g/mol. The summed E-state index contributed by atoms with van der Waals surface area (Å²) in [5.74, 6) is 0.350. The van der Waals surface area contributed by atoms with E-state index >= 15 is 0 Å². The average molecular weight is 290 g/mol. The summed E-state index contributed by atoms with van der Waals surface area (Å²) in [6.45, 7) is 8.32. The Labute approximate surface area is 125 Å². The number of carbonyl (C=O) groups is 1. The first-order valence-corrected chi connectivity index (χ1v) is 7.13. The third kappa shape index (κ3) is 4.20. The van der Waals surface area contributed by atoms with Crippen LogP contribution in [0.15, 0.2) is 18.2 Å². The normalized spacial score (nSPS) is 13.1. The molecule has 0 aromatic heterocycles. The van der Waals surface area contributed by atoms with Crippen molar-refractivity contribution < 1.29 is 14.3 Å². The summed E-state index contributed by atoms with van der Waals surface area (Å²) in [4.78, 5) is 12.4. The van der Waals surface area contributed by atoms with Gasteiger partial charge < -0.3 is 14.8 Å². The SMILES string of the molecule is CCOc1ccc(NC(=O)C(C)(CC)OCC)c(C#N)c1. The smallest absolute Gasteiger partial charge is 0.256 e. The molecule has 0 aliphatic heterocycles. The Kier molecular flexibility index (Phi) is 6.19.